The van der Waals surface area contributed by atoms with Gasteiger partial charge in [0.2, 0.25) is 11.8 Å². The van der Waals surface area contributed by atoms with Gasteiger partial charge in [-0.25, -0.2) is 0 Å². The number of carbonyl (C=O) groups excluding carboxylic acids is 2. The Balaban J connectivity index is 1.93. The number of carbonyl (C=O) groups is 2. The Kier molecular flexibility index (Phi) is 4.36. The van der Waals surface area contributed by atoms with E-state index in [1.165, 1.54) is 0 Å². The Labute approximate surface area is 142 Å². The van der Waals surface area contributed by atoms with Gasteiger partial charge in [-0.3, -0.25) is 19.4 Å². The molecule has 2 amide bonds. The largest absolute Gasteiger partial charge is 0.376 e. The number of amides is 2. The molecule has 2 heterocycles. The van der Waals surface area contributed by atoms with Gasteiger partial charge in [0.05, 0.1) is 30.1 Å². The van der Waals surface area contributed by atoms with Crippen LogP contribution in [0.2, 0.25) is 0 Å². The second-order valence-corrected chi connectivity index (χ2v) is 7.06. The number of hydrogen-bond donors (Lipinski definition) is 1. The summed E-state index contributed by atoms with van der Waals surface area (Å²) in [7, 11) is 0. The van der Waals surface area contributed by atoms with Crippen LogP contribution in [0.4, 0.5) is 11.4 Å². The van der Waals surface area contributed by atoms with Crippen molar-refractivity contribution in [3.05, 3.63) is 24.3 Å². The van der Waals surface area contributed by atoms with Crippen LogP contribution in [0.15, 0.2) is 24.3 Å². The van der Waals surface area contributed by atoms with Gasteiger partial charge in [-0.15, -0.1) is 0 Å². The fraction of sp³-hybridized carbons (Fsp3) is 0.556. The van der Waals surface area contributed by atoms with Gasteiger partial charge in [0.1, 0.15) is 5.54 Å². The summed E-state index contributed by atoms with van der Waals surface area (Å²) in [5.41, 5.74) is 0.496. The Morgan fingerprint density at radius 1 is 1.38 bits per heavy atom. The van der Waals surface area contributed by atoms with E-state index in [4.69, 9.17) is 4.74 Å². The van der Waals surface area contributed by atoms with Gasteiger partial charge in [-0.05, 0) is 39.8 Å². The lowest BCUT2D eigenvalue weighted by atomic mass is 9.95. The van der Waals surface area contributed by atoms with Crippen molar-refractivity contribution in [3.8, 4) is 0 Å². The maximum atomic E-state index is 13.3. The van der Waals surface area contributed by atoms with Crippen LogP contribution in [0.3, 0.4) is 0 Å². The molecular weight excluding hydrogens is 306 g/mol. The summed E-state index contributed by atoms with van der Waals surface area (Å²) >= 11 is 0. The fourth-order valence-electron chi connectivity index (χ4n) is 3.39. The number of fused-ring (bicyclic) bond motifs is 1. The molecule has 2 atom stereocenters. The van der Waals surface area contributed by atoms with Crippen LogP contribution in [0.25, 0.3) is 0 Å². The Morgan fingerprint density at radius 3 is 2.79 bits per heavy atom. The molecular formula is C18H25N3O3. The zero-order valence-corrected chi connectivity index (χ0v) is 14.7. The van der Waals surface area contributed by atoms with Crippen LogP contribution in [0.5, 0.6) is 0 Å². The fourth-order valence-corrected chi connectivity index (χ4v) is 3.39. The first kappa shape index (κ1) is 16.9. The molecule has 2 aliphatic heterocycles. The van der Waals surface area contributed by atoms with Crippen LogP contribution in [-0.4, -0.2) is 54.1 Å². The number of para-hydroxylation sites is 2. The van der Waals surface area contributed by atoms with Crippen molar-refractivity contribution in [2.75, 3.05) is 29.9 Å². The lowest BCUT2D eigenvalue weighted by molar-refractivity contribution is -0.131. The second-order valence-electron chi connectivity index (χ2n) is 7.06. The number of benzene rings is 1. The summed E-state index contributed by atoms with van der Waals surface area (Å²) in [4.78, 5) is 29.6. The highest BCUT2D eigenvalue weighted by molar-refractivity contribution is 6.15. The molecule has 1 aromatic rings. The van der Waals surface area contributed by atoms with Crippen LogP contribution in [0, 0.1) is 0 Å². The molecule has 0 spiro atoms. The molecule has 3 rings (SSSR count). The van der Waals surface area contributed by atoms with E-state index in [1.807, 2.05) is 38.1 Å². The molecule has 2 aliphatic rings. The lowest BCUT2D eigenvalue weighted by Crippen LogP contribution is -2.63. The van der Waals surface area contributed by atoms with E-state index < -0.39 is 5.54 Å². The van der Waals surface area contributed by atoms with Crippen LogP contribution in [-0.2, 0) is 14.3 Å². The first-order valence-corrected chi connectivity index (χ1v) is 8.42. The molecule has 0 radical (unpaired) electrons. The highest BCUT2D eigenvalue weighted by atomic mass is 16.5. The first-order valence-electron chi connectivity index (χ1n) is 8.42. The van der Waals surface area contributed by atoms with E-state index in [9.17, 15) is 9.59 Å². The number of hydrogen-bond acceptors (Lipinski definition) is 4. The van der Waals surface area contributed by atoms with Crippen molar-refractivity contribution in [2.45, 2.75) is 45.4 Å². The average molecular weight is 331 g/mol. The third-order valence-corrected chi connectivity index (χ3v) is 4.91. The van der Waals surface area contributed by atoms with Crippen molar-refractivity contribution in [1.29, 1.82) is 0 Å². The summed E-state index contributed by atoms with van der Waals surface area (Å²) in [6.45, 7) is 9.55. The quantitative estimate of drug-likeness (QED) is 0.898. The highest BCUT2D eigenvalue weighted by Gasteiger charge is 2.45. The van der Waals surface area contributed by atoms with Gasteiger partial charge in [-0.2, -0.15) is 0 Å². The predicted octanol–water partition coefficient (Wildman–Crippen LogP) is 1.86. The number of nitrogens with zero attached hydrogens (tertiary/aromatic N) is 2. The summed E-state index contributed by atoms with van der Waals surface area (Å²) in [5, 5.41) is 2.89. The van der Waals surface area contributed by atoms with Gasteiger partial charge in [0, 0.05) is 13.1 Å². The van der Waals surface area contributed by atoms with Gasteiger partial charge >= 0.3 is 0 Å². The minimum Gasteiger partial charge on any atom is -0.376 e. The minimum absolute atomic E-state index is 0.0589. The lowest BCUT2D eigenvalue weighted by Gasteiger charge is -2.45. The number of morpholine rings is 1. The smallest absolute Gasteiger partial charge is 0.250 e. The topological polar surface area (TPSA) is 61.9 Å². The van der Waals surface area contributed by atoms with E-state index in [1.54, 1.807) is 18.7 Å². The van der Waals surface area contributed by atoms with E-state index in [-0.39, 0.29) is 24.0 Å². The number of nitrogens with one attached hydrogen (secondary N) is 1. The maximum Gasteiger partial charge on any atom is 0.250 e. The molecule has 1 fully saturated rings. The normalized spacial score (nSPS) is 24.9. The molecule has 0 aromatic heterocycles. The monoisotopic (exact) mass is 331 g/mol. The molecule has 1 aromatic carbocycles. The molecule has 130 valence electrons. The van der Waals surface area contributed by atoms with Crippen LogP contribution >= 0.6 is 0 Å². The minimum atomic E-state index is -0.933. The Hall–Kier alpha value is -1.92. The summed E-state index contributed by atoms with van der Waals surface area (Å²) in [5.74, 6) is -0.228. The van der Waals surface area contributed by atoms with E-state index in [2.05, 4.69) is 10.2 Å². The molecule has 0 aliphatic carbocycles. The van der Waals surface area contributed by atoms with Crippen molar-refractivity contribution >= 4 is 23.2 Å². The molecule has 1 N–H and O–H groups in total. The van der Waals surface area contributed by atoms with Gasteiger partial charge < -0.3 is 10.1 Å². The van der Waals surface area contributed by atoms with Gasteiger partial charge in [0.15, 0.2) is 0 Å². The third-order valence-electron chi connectivity index (χ3n) is 4.91. The van der Waals surface area contributed by atoms with E-state index in [0.717, 1.165) is 18.8 Å². The first-order chi connectivity index (χ1) is 11.3. The van der Waals surface area contributed by atoms with Crippen molar-refractivity contribution in [1.82, 2.24) is 4.90 Å². The Morgan fingerprint density at radius 2 is 2.08 bits per heavy atom. The SMILES string of the molecule is C[C@H]1CN([C@@H](C)C(=O)N2c3ccccc3NC(=O)C2(C)C)CCO1. The van der Waals surface area contributed by atoms with E-state index >= 15 is 0 Å². The average Bonchev–Trinajstić information content (AvgIpc) is 2.54. The number of anilines is 2. The van der Waals surface area contributed by atoms with Crippen LogP contribution < -0.4 is 10.2 Å². The van der Waals surface area contributed by atoms with E-state index in [0.29, 0.717) is 12.3 Å². The molecule has 0 unspecified atom stereocenters. The number of ether oxygens (including phenoxy) is 1. The maximum absolute atomic E-state index is 13.3. The zero-order valence-electron chi connectivity index (χ0n) is 14.7. The molecule has 0 saturated carbocycles. The zero-order chi connectivity index (χ0) is 17.5. The van der Waals surface area contributed by atoms with Crippen LogP contribution in [0.1, 0.15) is 27.7 Å². The molecule has 6 heteroatoms. The molecule has 0 bridgehead atoms. The van der Waals surface area contributed by atoms with Crippen molar-refractivity contribution in [2.24, 2.45) is 0 Å². The molecule has 1 saturated heterocycles. The van der Waals surface area contributed by atoms with Crippen molar-refractivity contribution < 1.29 is 14.3 Å². The number of rotatable bonds is 2. The van der Waals surface area contributed by atoms with Crippen molar-refractivity contribution in [3.63, 3.8) is 0 Å². The predicted molar refractivity (Wildman–Crippen MR) is 93.1 cm³/mol. The third kappa shape index (κ3) is 2.80. The highest BCUT2D eigenvalue weighted by Crippen LogP contribution is 2.37. The second kappa shape index (κ2) is 6.18. The summed E-state index contributed by atoms with van der Waals surface area (Å²) in [6, 6.07) is 7.13. The standard InChI is InChI=1S/C18H25N3O3/c1-12-11-20(9-10-24-12)13(2)16(22)21-15-8-6-5-7-14(15)19-17(23)18(21,3)4/h5-8,12-13H,9-11H2,1-4H3,(H,19,23)/t12-,13-/m0/s1. The van der Waals surface area contributed by atoms with Gasteiger partial charge in [-0.1, -0.05) is 12.1 Å². The summed E-state index contributed by atoms with van der Waals surface area (Å²) in [6.07, 6.45) is 0.110. The Bertz CT molecular complexity index is 659. The molecule has 24 heavy (non-hydrogen) atoms. The molecule has 6 nitrogen and oxygen atoms in total. The summed E-state index contributed by atoms with van der Waals surface area (Å²) < 4.78 is 5.57. The van der Waals surface area contributed by atoms with Gasteiger partial charge in [0.25, 0.3) is 0 Å².